The van der Waals surface area contributed by atoms with Crippen LogP contribution in [0.4, 0.5) is 0 Å². The lowest BCUT2D eigenvalue weighted by atomic mass is 10.1. The zero-order valence-corrected chi connectivity index (χ0v) is 13.6. The van der Waals surface area contributed by atoms with Crippen LogP contribution in [0.5, 0.6) is 0 Å². The third-order valence-corrected chi connectivity index (χ3v) is 5.27. The molecule has 1 saturated heterocycles. The van der Waals surface area contributed by atoms with Gasteiger partial charge >= 0.3 is 0 Å². The van der Waals surface area contributed by atoms with Crippen molar-refractivity contribution >= 4 is 11.8 Å². The molecule has 1 heterocycles. The molecule has 1 aliphatic heterocycles. The topological polar surface area (TPSA) is 15.3 Å². The van der Waals surface area contributed by atoms with Gasteiger partial charge < -0.3 is 5.32 Å². The van der Waals surface area contributed by atoms with Crippen LogP contribution in [0.1, 0.15) is 53.4 Å². The molecule has 0 spiro atoms. The van der Waals surface area contributed by atoms with Gasteiger partial charge in [0, 0.05) is 23.1 Å². The van der Waals surface area contributed by atoms with Crippen molar-refractivity contribution in [3.05, 3.63) is 0 Å². The van der Waals surface area contributed by atoms with E-state index in [1.807, 2.05) is 0 Å². The second-order valence-corrected chi connectivity index (χ2v) is 7.94. The lowest BCUT2D eigenvalue weighted by molar-refractivity contribution is 0.205. The van der Waals surface area contributed by atoms with Crippen LogP contribution in [-0.4, -0.2) is 47.6 Å². The Kier molecular flexibility index (Phi) is 7.66. The molecule has 2 nitrogen and oxygen atoms in total. The summed E-state index contributed by atoms with van der Waals surface area (Å²) in [4.78, 5) is 2.70. The second kappa shape index (κ2) is 8.44. The molecule has 0 aromatic heterocycles. The van der Waals surface area contributed by atoms with Crippen molar-refractivity contribution in [2.45, 2.75) is 64.2 Å². The van der Waals surface area contributed by atoms with Crippen LogP contribution in [0.15, 0.2) is 0 Å². The Bertz CT molecular complexity index is 219. The minimum absolute atomic E-state index is 0.483. The minimum Gasteiger partial charge on any atom is -0.317 e. The van der Waals surface area contributed by atoms with Gasteiger partial charge in [-0.15, -0.1) is 0 Å². The standard InChI is InChI=1S/C15H32N2S/c1-5-9-16-10-6-7-14(2)17-11-8-15(3,4)18-13-12-17/h14,16H,5-13H2,1-4H3. The van der Waals surface area contributed by atoms with Crippen molar-refractivity contribution in [2.75, 3.05) is 31.9 Å². The predicted octanol–water partition coefficient (Wildman–Crippen LogP) is 3.37. The van der Waals surface area contributed by atoms with Gasteiger partial charge in [-0.25, -0.2) is 0 Å². The van der Waals surface area contributed by atoms with Crippen LogP contribution in [0.25, 0.3) is 0 Å². The van der Waals surface area contributed by atoms with Crippen molar-refractivity contribution < 1.29 is 0 Å². The highest BCUT2D eigenvalue weighted by Gasteiger charge is 2.25. The van der Waals surface area contributed by atoms with E-state index in [0.717, 1.165) is 6.04 Å². The summed E-state index contributed by atoms with van der Waals surface area (Å²) >= 11 is 2.14. The van der Waals surface area contributed by atoms with Gasteiger partial charge in [-0.3, -0.25) is 4.90 Å². The maximum absolute atomic E-state index is 3.50. The Balaban J connectivity index is 2.18. The molecule has 0 bridgehead atoms. The molecule has 0 amide bonds. The highest BCUT2D eigenvalue weighted by molar-refractivity contribution is 8.00. The zero-order valence-electron chi connectivity index (χ0n) is 12.8. The van der Waals surface area contributed by atoms with Gasteiger partial charge in [-0.1, -0.05) is 20.8 Å². The maximum Gasteiger partial charge on any atom is 0.0116 e. The molecule has 1 rings (SSSR count). The third kappa shape index (κ3) is 6.44. The first-order valence-electron chi connectivity index (χ1n) is 7.64. The first kappa shape index (κ1) is 16.3. The van der Waals surface area contributed by atoms with Crippen molar-refractivity contribution in [2.24, 2.45) is 0 Å². The minimum atomic E-state index is 0.483. The normalized spacial score (nSPS) is 22.7. The van der Waals surface area contributed by atoms with Crippen LogP contribution < -0.4 is 5.32 Å². The molecule has 1 atom stereocenters. The molecule has 0 saturated carbocycles. The second-order valence-electron chi connectivity index (χ2n) is 6.14. The molecule has 3 heteroatoms. The summed E-state index contributed by atoms with van der Waals surface area (Å²) in [5, 5.41) is 3.50. The van der Waals surface area contributed by atoms with Gasteiger partial charge in [0.05, 0.1) is 0 Å². The fraction of sp³-hybridized carbons (Fsp3) is 1.00. The van der Waals surface area contributed by atoms with Gasteiger partial charge in [0.15, 0.2) is 0 Å². The molecule has 1 aliphatic rings. The highest BCUT2D eigenvalue weighted by atomic mass is 32.2. The van der Waals surface area contributed by atoms with Gasteiger partial charge in [0.1, 0.15) is 0 Å². The zero-order chi connectivity index (χ0) is 13.4. The Morgan fingerprint density at radius 3 is 2.78 bits per heavy atom. The predicted molar refractivity (Wildman–Crippen MR) is 84.6 cm³/mol. The molecule has 1 unspecified atom stereocenters. The van der Waals surface area contributed by atoms with E-state index in [2.05, 4.69) is 49.7 Å². The van der Waals surface area contributed by atoms with E-state index in [-0.39, 0.29) is 0 Å². The van der Waals surface area contributed by atoms with Crippen LogP contribution >= 0.6 is 11.8 Å². The summed E-state index contributed by atoms with van der Waals surface area (Å²) in [7, 11) is 0. The molecular weight excluding hydrogens is 240 g/mol. The van der Waals surface area contributed by atoms with Gasteiger partial charge in [0.2, 0.25) is 0 Å². The van der Waals surface area contributed by atoms with Crippen LogP contribution in [-0.2, 0) is 0 Å². The Morgan fingerprint density at radius 2 is 2.06 bits per heavy atom. The fourth-order valence-electron chi connectivity index (χ4n) is 2.48. The molecule has 108 valence electrons. The molecule has 0 radical (unpaired) electrons. The van der Waals surface area contributed by atoms with Crippen molar-refractivity contribution in [1.29, 1.82) is 0 Å². The summed E-state index contributed by atoms with van der Waals surface area (Å²) in [6, 6.07) is 0.753. The summed E-state index contributed by atoms with van der Waals surface area (Å²) in [5.41, 5.74) is 0. The first-order valence-corrected chi connectivity index (χ1v) is 8.62. The molecule has 1 fully saturated rings. The number of nitrogens with zero attached hydrogens (tertiary/aromatic N) is 1. The van der Waals surface area contributed by atoms with E-state index in [1.165, 1.54) is 57.6 Å². The Morgan fingerprint density at radius 1 is 1.28 bits per heavy atom. The van der Waals surface area contributed by atoms with E-state index in [4.69, 9.17) is 0 Å². The van der Waals surface area contributed by atoms with Crippen molar-refractivity contribution in [3.63, 3.8) is 0 Å². The molecule has 0 aromatic rings. The quantitative estimate of drug-likeness (QED) is 0.715. The van der Waals surface area contributed by atoms with E-state index in [0.29, 0.717) is 4.75 Å². The lowest BCUT2D eigenvalue weighted by Gasteiger charge is -2.28. The van der Waals surface area contributed by atoms with Crippen molar-refractivity contribution in [1.82, 2.24) is 10.2 Å². The molecule has 18 heavy (non-hydrogen) atoms. The third-order valence-electron chi connectivity index (χ3n) is 3.90. The number of hydrogen-bond donors (Lipinski definition) is 1. The van der Waals surface area contributed by atoms with Gasteiger partial charge in [-0.2, -0.15) is 11.8 Å². The summed E-state index contributed by atoms with van der Waals surface area (Å²) in [5.74, 6) is 1.30. The largest absolute Gasteiger partial charge is 0.317 e. The Labute approximate surface area is 118 Å². The van der Waals surface area contributed by atoms with Crippen LogP contribution in [0.3, 0.4) is 0 Å². The van der Waals surface area contributed by atoms with E-state index in [1.54, 1.807) is 0 Å². The monoisotopic (exact) mass is 272 g/mol. The summed E-state index contributed by atoms with van der Waals surface area (Å²) < 4.78 is 0.483. The first-order chi connectivity index (χ1) is 8.55. The highest BCUT2D eigenvalue weighted by Crippen LogP contribution is 2.31. The van der Waals surface area contributed by atoms with E-state index in [9.17, 15) is 0 Å². The van der Waals surface area contributed by atoms with Gasteiger partial charge in [-0.05, 0) is 52.2 Å². The molecule has 1 N–H and O–H groups in total. The number of rotatable bonds is 7. The van der Waals surface area contributed by atoms with Gasteiger partial charge in [0.25, 0.3) is 0 Å². The average Bonchev–Trinajstić information content (AvgIpc) is 2.50. The number of hydrogen-bond acceptors (Lipinski definition) is 3. The van der Waals surface area contributed by atoms with Crippen LogP contribution in [0.2, 0.25) is 0 Å². The smallest absolute Gasteiger partial charge is 0.0116 e. The number of thioether (sulfide) groups is 1. The SMILES string of the molecule is CCCNCCCC(C)N1CCSC(C)(C)CC1. The van der Waals surface area contributed by atoms with E-state index >= 15 is 0 Å². The van der Waals surface area contributed by atoms with Crippen molar-refractivity contribution in [3.8, 4) is 0 Å². The molecular formula is C15H32N2S. The summed E-state index contributed by atoms with van der Waals surface area (Å²) in [6.45, 7) is 14.3. The average molecular weight is 273 g/mol. The lowest BCUT2D eigenvalue weighted by Crippen LogP contribution is -2.36. The van der Waals surface area contributed by atoms with E-state index < -0.39 is 0 Å². The number of nitrogens with one attached hydrogen (secondary N) is 1. The maximum atomic E-state index is 3.50. The Hall–Kier alpha value is 0.270. The summed E-state index contributed by atoms with van der Waals surface area (Å²) in [6.07, 6.45) is 5.22. The molecule has 0 aromatic carbocycles. The molecule has 0 aliphatic carbocycles. The van der Waals surface area contributed by atoms with Crippen LogP contribution in [0, 0.1) is 0 Å². The fourth-order valence-corrected chi connectivity index (χ4v) is 3.60.